The van der Waals surface area contributed by atoms with E-state index in [2.05, 4.69) is 16.9 Å². The van der Waals surface area contributed by atoms with Crippen molar-refractivity contribution in [3.05, 3.63) is 47.0 Å². The van der Waals surface area contributed by atoms with Gasteiger partial charge in [-0.25, -0.2) is 9.97 Å². The fraction of sp³-hybridized carbons (Fsp3) is 0.560. The van der Waals surface area contributed by atoms with E-state index in [1.807, 2.05) is 12.1 Å². The molecule has 0 saturated carbocycles. The fourth-order valence-electron chi connectivity index (χ4n) is 3.83. The highest BCUT2D eigenvalue weighted by atomic mass is 16.5. The molecule has 0 N–H and O–H groups in total. The Morgan fingerprint density at radius 2 is 1.57 bits per heavy atom. The average Bonchev–Trinajstić information content (AvgIpc) is 2.77. The van der Waals surface area contributed by atoms with Crippen LogP contribution in [0, 0.1) is 0 Å². The van der Waals surface area contributed by atoms with Gasteiger partial charge in [-0.2, -0.15) is 0 Å². The molecule has 3 rings (SSSR count). The van der Waals surface area contributed by atoms with E-state index in [4.69, 9.17) is 4.74 Å². The van der Waals surface area contributed by atoms with E-state index in [0.29, 0.717) is 29.0 Å². The number of hydrogen-bond acceptors (Lipinski definition) is 4. The Kier molecular flexibility index (Phi) is 9.13. The SMILES string of the molecule is CCCCCCCCCCCCCCOc1cnc2nc3ccccn3c(=O)c2c1. The molecule has 0 aromatic carbocycles. The zero-order chi connectivity index (χ0) is 21.0. The summed E-state index contributed by atoms with van der Waals surface area (Å²) < 4.78 is 7.38. The lowest BCUT2D eigenvalue weighted by Crippen LogP contribution is -2.15. The molecule has 3 aromatic heterocycles. The van der Waals surface area contributed by atoms with Crippen LogP contribution in [0.3, 0.4) is 0 Å². The molecule has 0 aliphatic carbocycles. The van der Waals surface area contributed by atoms with Crippen LogP contribution >= 0.6 is 0 Å². The molecule has 3 aromatic rings. The summed E-state index contributed by atoms with van der Waals surface area (Å²) in [5.74, 6) is 0.639. The molecular formula is C25H35N3O2. The molecule has 0 bridgehead atoms. The van der Waals surface area contributed by atoms with E-state index in [1.165, 1.54) is 70.6 Å². The Bertz CT molecular complexity index is 967. The van der Waals surface area contributed by atoms with Crippen molar-refractivity contribution in [2.24, 2.45) is 0 Å². The van der Waals surface area contributed by atoms with Gasteiger partial charge in [0.05, 0.1) is 18.2 Å². The molecule has 162 valence electrons. The molecule has 0 aliphatic heterocycles. The normalized spacial score (nSPS) is 11.4. The molecule has 5 heteroatoms. The predicted molar refractivity (Wildman–Crippen MR) is 123 cm³/mol. The number of aromatic nitrogens is 3. The Morgan fingerprint density at radius 3 is 2.27 bits per heavy atom. The van der Waals surface area contributed by atoms with Gasteiger partial charge in [0.2, 0.25) is 0 Å². The van der Waals surface area contributed by atoms with Crippen LogP contribution in [0.2, 0.25) is 0 Å². The molecule has 30 heavy (non-hydrogen) atoms. The van der Waals surface area contributed by atoms with Crippen molar-refractivity contribution < 1.29 is 4.74 Å². The third kappa shape index (κ3) is 6.54. The van der Waals surface area contributed by atoms with Gasteiger partial charge in [-0.3, -0.25) is 9.20 Å². The molecule has 0 radical (unpaired) electrons. The van der Waals surface area contributed by atoms with Gasteiger partial charge in [0.25, 0.3) is 5.56 Å². The summed E-state index contributed by atoms with van der Waals surface area (Å²) in [7, 11) is 0. The monoisotopic (exact) mass is 409 g/mol. The van der Waals surface area contributed by atoms with Crippen molar-refractivity contribution in [1.29, 1.82) is 0 Å². The lowest BCUT2D eigenvalue weighted by atomic mass is 10.1. The summed E-state index contributed by atoms with van der Waals surface area (Å²) in [6.07, 6.45) is 19.3. The molecule has 5 nitrogen and oxygen atoms in total. The minimum Gasteiger partial charge on any atom is -0.492 e. The van der Waals surface area contributed by atoms with E-state index >= 15 is 0 Å². The van der Waals surface area contributed by atoms with Gasteiger partial charge in [-0.15, -0.1) is 0 Å². The lowest BCUT2D eigenvalue weighted by Gasteiger charge is -2.07. The van der Waals surface area contributed by atoms with E-state index in [-0.39, 0.29) is 5.56 Å². The van der Waals surface area contributed by atoms with Gasteiger partial charge in [-0.1, -0.05) is 83.6 Å². The molecule has 0 saturated heterocycles. The quantitative estimate of drug-likeness (QED) is 0.231. The first kappa shape index (κ1) is 22.3. The summed E-state index contributed by atoms with van der Waals surface area (Å²) in [6, 6.07) is 7.25. The number of pyridine rings is 2. The number of nitrogens with zero attached hydrogens (tertiary/aromatic N) is 3. The third-order valence-corrected chi connectivity index (χ3v) is 5.62. The molecule has 0 spiro atoms. The molecular weight excluding hydrogens is 374 g/mol. The van der Waals surface area contributed by atoms with Crippen molar-refractivity contribution in [1.82, 2.24) is 14.4 Å². The van der Waals surface area contributed by atoms with Crippen LogP contribution < -0.4 is 10.3 Å². The van der Waals surface area contributed by atoms with Crippen molar-refractivity contribution in [2.45, 2.75) is 84.0 Å². The Hall–Kier alpha value is -2.43. The van der Waals surface area contributed by atoms with Gasteiger partial charge in [-0.05, 0) is 24.6 Å². The maximum absolute atomic E-state index is 12.7. The van der Waals surface area contributed by atoms with Crippen LogP contribution in [0.5, 0.6) is 5.75 Å². The summed E-state index contributed by atoms with van der Waals surface area (Å²) >= 11 is 0. The highest BCUT2D eigenvalue weighted by Gasteiger charge is 2.07. The minimum absolute atomic E-state index is 0.112. The van der Waals surface area contributed by atoms with E-state index < -0.39 is 0 Å². The van der Waals surface area contributed by atoms with Crippen molar-refractivity contribution in [3.8, 4) is 5.75 Å². The van der Waals surface area contributed by atoms with E-state index in [0.717, 1.165) is 6.42 Å². The number of rotatable bonds is 14. The standard InChI is InChI=1S/C25H35N3O2/c1-2-3-4-5-6-7-8-9-10-11-12-15-18-30-21-19-22-24(26-20-21)27-23-16-13-14-17-28(23)25(22)29/h13-14,16-17,19-20H,2-12,15,18H2,1H3. The summed E-state index contributed by atoms with van der Waals surface area (Å²) in [5, 5.41) is 0.492. The molecule has 0 atom stereocenters. The zero-order valence-corrected chi connectivity index (χ0v) is 18.3. The Morgan fingerprint density at radius 1 is 0.900 bits per heavy atom. The van der Waals surface area contributed by atoms with Crippen LogP contribution in [0.15, 0.2) is 41.5 Å². The fourth-order valence-corrected chi connectivity index (χ4v) is 3.83. The van der Waals surface area contributed by atoms with Gasteiger partial charge >= 0.3 is 0 Å². The third-order valence-electron chi connectivity index (χ3n) is 5.62. The van der Waals surface area contributed by atoms with Gasteiger partial charge in [0, 0.05) is 6.20 Å². The van der Waals surface area contributed by atoms with Crippen molar-refractivity contribution in [3.63, 3.8) is 0 Å². The smallest absolute Gasteiger partial charge is 0.267 e. The first-order valence-corrected chi connectivity index (χ1v) is 11.7. The van der Waals surface area contributed by atoms with E-state index in [9.17, 15) is 4.79 Å². The van der Waals surface area contributed by atoms with Crippen LogP contribution in [-0.2, 0) is 0 Å². The first-order chi connectivity index (χ1) is 14.8. The summed E-state index contributed by atoms with van der Waals surface area (Å²) in [5.41, 5.74) is 0.954. The largest absolute Gasteiger partial charge is 0.492 e. The highest BCUT2D eigenvalue weighted by Crippen LogP contribution is 2.16. The van der Waals surface area contributed by atoms with Crippen LogP contribution in [0.25, 0.3) is 16.7 Å². The molecule has 3 heterocycles. The average molecular weight is 410 g/mol. The zero-order valence-electron chi connectivity index (χ0n) is 18.3. The van der Waals surface area contributed by atoms with Crippen LogP contribution in [-0.4, -0.2) is 21.0 Å². The second-order valence-corrected chi connectivity index (χ2v) is 8.13. The van der Waals surface area contributed by atoms with E-state index in [1.54, 1.807) is 28.9 Å². The van der Waals surface area contributed by atoms with Gasteiger partial charge < -0.3 is 4.74 Å². The summed E-state index contributed by atoms with van der Waals surface area (Å²) in [4.78, 5) is 21.4. The second kappa shape index (κ2) is 12.3. The Balaban J connectivity index is 1.33. The summed E-state index contributed by atoms with van der Waals surface area (Å²) in [6.45, 7) is 2.93. The van der Waals surface area contributed by atoms with Gasteiger partial charge in [0.1, 0.15) is 11.4 Å². The molecule has 0 fully saturated rings. The second-order valence-electron chi connectivity index (χ2n) is 8.13. The van der Waals surface area contributed by atoms with Crippen molar-refractivity contribution >= 4 is 16.7 Å². The number of fused-ring (bicyclic) bond motifs is 2. The number of ether oxygens (including phenoxy) is 1. The maximum Gasteiger partial charge on any atom is 0.267 e. The number of unbranched alkanes of at least 4 members (excludes halogenated alkanes) is 11. The first-order valence-electron chi connectivity index (χ1n) is 11.7. The highest BCUT2D eigenvalue weighted by molar-refractivity contribution is 5.76. The molecule has 0 unspecified atom stereocenters. The topological polar surface area (TPSA) is 56.5 Å². The minimum atomic E-state index is -0.112. The van der Waals surface area contributed by atoms with Crippen molar-refractivity contribution in [2.75, 3.05) is 6.61 Å². The maximum atomic E-state index is 12.7. The molecule has 0 aliphatic rings. The number of hydrogen-bond donors (Lipinski definition) is 0. The van der Waals surface area contributed by atoms with Crippen LogP contribution in [0.4, 0.5) is 0 Å². The van der Waals surface area contributed by atoms with Crippen LogP contribution in [0.1, 0.15) is 84.0 Å². The van der Waals surface area contributed by atoms with Gasteiger partial charge in [0.15, 0.2) is 5.65 Å². The Labute approximate surface area is 179 Å². The predicted octanol–water partition coefficient (Wildman–Crippen LogP) is 6.32. The lowest BCUT2D eigenvalue weighted by molar-refractivity contribution is 0.303. The molecule has 0 amide bonds.